The Labute approximate surface area is 130 Å². The first-order valence-electron chi connectivity index (χ1n) is 7.42. The molecule has 0 radical (unpaired) electrons. The highest BCUT2D eigenvalue weighted by Gasteiger charge is 2.36. The van der Waals surface area contributed by atoms with Crippen LogP contribution < -0.4 is 5.32 Å². The van der Waals surface area contributed by atoms with Crippen molar-refractivity contribution < 1.29 is 13.9 Å². The van der Waals surface area contributed by atoms with Crippen molar-refractivity contribution in [1.82, 2.24) is 15.2 Å². The summed E-state index contributed by atoms with van der Waals surface area (Å²) in [6.07, 6.45) is 0. The van der Waals surface area contributed by atoms with E-state index in [2.05, 4.69) is 27.1 Å². The molecule has 1 aliphatic rings. The zero-order valence-electron chi connectivity index (χ0n) is 13.8. The zero-order chi connectivity index (χ0) is 16.3. The van der Waals surface area contributed by atoms with E-state index in [0.29, 0.717) is 19.0 Å². The summed E-state index contributed by atoms with van der Waals surface area (Å²) in [6.45, 7) is 7.70. The number of methoxy groups -OCH3 is 1. The van der Waals surface area contributed by atoms with E-state index < -0.39 is 0 Å². The molecule has 1 aromatic rings. The summed E-state index contributed by atoms with van der Waals surface area (Å²) in [4.78, 5) is 22.4. The van der Waals surface area contributed by atoms with Gasteiger partial charge in [-0.2, -0.15) is 0 Å². The van der Waals surface area contributed by atoms with Gasteiger partial charge in [-0.1, -0.05) is 6.92 Å². The maximum atomic E-state index is 11.8. The summed E-state index contributed by atoms with van der Waals surface area (Å²) in [5.74, 6) is 2.16. The van der Waals surface area contributed by atoms with Gasteiger partial charge in [0.05, 0.1) is 25.3 Å². The number of esters is 1. The lowest BCUT2D eigenvalue weighted by atomic mass is 9.99. The second-order valence-electron chi connectivity index (χ2n) is 5.66. The van der Waals surface area contributed by atoms with Crippen molar-refractivity contribution in [3.8, 4) is 0 Å². The largest absolute Gasteiger partial charge is 0.469 e. The van der Waals surface area contributed by atoms with Crippen molar-refractivity contribution in [2.45, 2.75) is 27.3 Å². The van der Waals surface area contributed by atoms with Gasteiger partial charge in [0.25, 0.3) is 0 Å². The third-order valence-corrected chi connectivity index (χ3v) is 4.10. The van der Waals surface area contributed by atoms with Crippen LogP contribution >= 0.6 is 0 Å². The van der Waals surface area contributed by atoms with Crippen LogP contribution in [0.4, 0.5) is 0 Å². The van der Waals surface area contributed by atoms with Crippen LogP contribution in [-0.4, -0.2) is 49.1 Å². The van der Waals surface area contributed by atoms with Gasteiger partial charge in [-0.25, -0.2) is 4.98 Å². The fourth-order valence-corrected chi connectivity index (χ4v) is 2.70. The number of ether oxygens (including phenoxy) is 1. The molecule has 1 saturated heterocycles. The number of aliphatic imine (C=N–C) groups is 1. The Balaban J connectivity index is 1.96. The van der Waals surface area contributed by atoms with E-state index in [9.17, 15) is 4.79 Å². The minimum atomic E-state index is -0.163. The lowest BCUT2D eigenvalue weighted by Crippen LogP contribution is -2.40. The number of aromatic nitrogens is 1. The summed E-state index contributed by atoms with van der Waals surface area (Å²) < 4.78 is 10.4. The van der Waals surface area contributed by atoms with Crippen LogP contribution in [-0.2, 0) is 16.1 Å². The molecule has 22 heavy (non-hydrogen) atoms. The van der Waals surface area contributed by atoms with Crippen LogP contribution in [0, 0.1) is 25.7 Å². The Hall–Kier alpha value is -2.05. The number of aryl methyl sites for hydroxylation is 2. The average Bonchev–Trinajstić information content (AvgIpc) is 3.02. The number of likely N-dealkylation sites (tertiary alicyclic amines) is 1. The summed E-state index contributed by atoms with van der Waals surface area (Å²) in [5, 5.41) is 3.23. The molecule has 1 aromatic heterocycles. The van der Waals surface area contributed by atoms with Gasteiger partial charge in [-0.05, 0) is 19.8 Å². The molecule has 2 heterocycles. The number of rotatable bonds is 3. The smallest absolute Gasteiger partial charge is 0.310 e. The van der Waals surface area contributed by atoms with Crippen LogP contribution in [0.1, 0.15) is 24.3 Å². The highest BCUT2D eigenvalue weighted by atomic mass is 16.5. The molecular formula is C15H24N4O3. The van der Waals surface area contributed by atoms with Crippen LogP contribution in [0.5, 0.6) is 0 Å². The van der Waals surface area contributed by atoms with Crippen molar-refractivity contribution in [1.29, 1.82) is 0 Å². The van der Waals surface area contributed by atoms with Crippen molar-refractivity contribution in [3.05, 3.63) is 17.3 Å². The van der Waals surface area contributed by atoms with Crippen LogP contribution in [0.25, 0.3) is 0 Å². The van der Waals surface area contributed by atoms with Crippen LogP contribution in [0.2, 0.25) is 0 Å². The topological polar surface area (TPSA) is 80.0 Å². The van der Waals surface area contributed by atoms with E-state index in [-0.39, 0.29) is 17.8 Å². The number of guanidine groups is 1. The molecule has 7 heteroatoms. The first-order valence-corrected chi connectivity index (χ1v) is 7.42. The zero-order valence-corrected chi connectivity index (χ0v) is 13.8. The number of oxazole rings is 1. The van der Waals surface area contributed by atoms with E-state index in [1.807, 2.05) is 13.8 Å². The molecule has 0 aliphatic carbocycles. The summed E-state index contributed by atoms with van der Waals surface area (Å²) in [7, 11) is 3.16. The molecule has 0 aromatic carbocycles. The third-order valence-electron chi connectivity index (χ3n) is 4.10. The van der Waals surface area contributed by atoms with Gasteiger partial charge in [0.1, 0.15) is 5.76 Å². The van der Waals surface area contributed by atoms with Gasteiger partial charge in [0.2, 0.25) is 5.89 Å². The Kier molecular flexibility index (Phi) is 5.05. The van der Waals surface area contributed by atoms with Crippen molar-refractivity contribution in [3.63, 3.8) is 0 Å². The van der Waals surface area contributed by atoms with Crippen molar-refractivity contribution >= 4 is 11.9 Å². The molecule has 2 rings (SSSR count). The standard InChI is InChI=1S/C15H24N4O3/c1-9-7-19(8-12(9)14(20)21-5)15(16-4)17-6-13-18-10(2)11(3)22-13/h9,12H,6-8H2,1-5H3,(H,16,17). The molecular weight excluding hydrogens is 284 g/mol. The van der Waals surface area contributed by atoms with E-state index in [4.69, 9.17) is 9.15 Å². The first-order chi connectivity index (χ1) is 10.5. The Bertz CT molecular complexity index is 548. The van der Waals surface area contributed by atoms with Crippen molar-refractivity contribution in [2.75, 3.05) is 27.2 Å². The monoisotopic (exact) mass is 308 g/mol. The van der Waals surface area contributed by atoms with E-state index in [0.717, 1.165) is 24.0 Å². The van der Waals surface area contributed by atoms with E-state index >= 15 is 0 Å². The van der Waals surface area contributed by atoms with Gasteiger partial charge in [-0.15, -0.1) is 0 Å². The average molecular weight is 308 g/mol. The summed E-state index contributed by atoms with van der Waals surface area (Å²) >= 11 is 0. The number of hydrogen-bond acceptors (Lipinski definition) is 5. The van der Waals surface area contributed by atoms with Gasteiger partial charge < -0.3 is 19.4 Å². The summed E-state index contributed by atoms with van der Waals surface area (Å²) in [5.41, 5.74) is 0.896. The molecule has 2 unspecified atom stereocenters. The van der Waals surface area contributed by atoms with Crippen LogP contribution in [0.15, 0.2) is 9.41 Å². The Morgan fingerprint density at radius 1 is 1.50 bits per heavy atom. The normalized spacial score (nSPS) is 22.0. The molecule has 0 amide bonds. The van der Waals surface area contributed by atoms with E-state index in [1.54, 1.807) is 7.05 Å². The predicted molar refractivity (Wildman–Crippen MR) is 82.4 cm³/mol. The van der Waals surface area contributed by atoms with Gasteiger partial charge in [0.15, 0.2) is 5.96 Å². The maximum Gasteiger partial charge on any atom is 0.310 e. The number of nitrogens with one attached hydrogen (secondary N) is 1. The van der Waals surface area contributed by atoms with Gasteiger partial charge in [-0.3, -0.25) is 9.79 Å². The molecule has 1 fully saturated rings. The molecule has 122 valence electrons. The van der Waals surface area contributed by atoms with E-state index in [1.165, 1.54) is 7.11 Å². The highest BCUT2D eigenvalue weighted by molar-refractivity contribution is 5.82. The number of carbonyl (C=O) groups excluding carboxylic acids is 1. The molecule has 0 bridgehead atoms. The number of carbonyl (C=O) groups is 1. The van der Waals surface area contributed by atoms with Gasteiger partial charge in [0, 0.05) is 20.1 Å². The maximum absolute atomic E-state index is 11.8. The van der Waals surface area contributed by atoms with Crippen molar-refractivity contribution in [2.24, 2.45) is 16.8 Å². The number of nitrogens with zero attached hydrogens (tertiary/aromatic N) is 3. The fraction of sp³-hybridized carbons (Fsp3) is 0.667. The molecule has 2 atom stereocenters. The van der Waals surface area contributed by atoms with Gasteiger partial charge >= 0.3 is 5.97 Å². The SMILES string of the molecule is CN=C(NCc1nc(C)c(C)o1)N1CC(C)C(C(=O)OC)C1. The first kappa shape index (κ1) is 16.3. The second kappa shape index (κ2) is 6.81. The molecule has 0 saturated carbocycles. The van der Waals surface area contributed by atoms with Crippen LogP contribution in [0.3, 0.4) is 0 Å². The number of hydrogen-bond donors (Lipinski definition) is 1. The minimum absolute atomic E-state index is 0.116. The summed E-state index contributed by atoms with van der Waals surface area (Å²) in [6, 6.07) is 0. The molecule has 0 spiro atoms. The Morgan fingerprint density at radius 3 is 2.77 bits per heavy atom. The second-order valence-corrected chi connectivity index (χ2v) is 5.66. The quantitative estimate of drug-likeness (QED) is 0.512. The highest BCUT2D eigenvalue weighted by Crippen LogP contribution is 2.24. The molecule has 1 aliphatic heterocycles. The lowest BCUT2D eigenvalue weighted by Gasteiger charge is -2.20. The molecule has 1 N–H and O–H groups in total. The fourth-order valence-electron chi connectivity index (χ4n) is 2.70. The Morgan fingerprint density at radius 2 is 2.23 bits per heavy atom. The molecule has 7 nitrogen and oxygen atoms in total. The third kappa shape index (κ3) is 3.40. The predicted octanol–water partition coefficient (Wildman–Crippen LogP) is 1.11. The lowest BCUT2D eigenvalue weighted by molar-refractivity contribution is -0.145. The minimum Gasteiger partial charge on any atom is -0.469 e.